The molecule has 0 unspecified atom stereocenters. The average Bonchev–Trinajstić information content (AvgIpc) is 3.31. The van der Waals surface area contributed by atoms with Gasteiger partial charge in [-0.25, -0.2) is 9.78 Å². The van der Waals surface area contributed by atoms with Gasteiger partial charge in [0.05, 0.1) is 18.5 Å². The van der Waals surface area contributed by atoms with Gasteiger partial charge in [-0.05, 0) is 25.6 Å². The van der Waals surface area contributed by atoms with E-state index in [1.165, 1.54) is 6.07 Å². The lowest BCUT2D eigenvalue weighted by Gasteiger charge is -2.24. The smallest absolute Gasteiger partial charge is 0.317 e. The molecule has 146 valence electrons. The van der Waals surface area contributed by atoms with Crippen molar-refractivity contribution in [1.82, 2.24) is 25.1 Å². The normalized spacial score (nSPS) is 16.7. The molecule has 27 heavy (non-hydrogen) atoms. The van der Waals surface area contributed by atoms with Gasteiger partial charge >= 0.3 is 6.03 Å². The molecular weight excluding hydrogens is 348 g/mol. The molecule has 3 heterocycles. The van der Waals surface area contributed by atoms with Gasteiger partial charge in [0.15, 0.2) is 0 Å². The highest BCUT2D eigenvalue weighted by Gasteiger charge is 2.29. The van der Waals surface area contributed by atoms with Gasteiger partial charge in [-0.2, -0.15) is 0 Å². The third kappa shape index (κ3) is 4.88. The Balaban J connectivity index is 1.53. The first kappa shape index (κ1) is 19.0. The molecule has 1 saturated heterocycles. The zero-order valence-electron chi connectivity index (χ0n) is 15.9. The molecular formula is C18H26N6O3. The summed E-state index contributed by atoms with van der Waals surface area (Å²) in [7, 11) is 5.66. The highest BCUT2D eigenvalue weighted by molar-refractivity contribution is 5.74. The fourth-order valence-electron chi connectivity index (χ4n) is 3.15. The van der Waals surface area contributed by atoms with Crippen LogP contribution in [0.2, 0.25) is 0 Å². The summed E-state index contributed by atoms with van der Waals surface area (Å²) in [5, 5.41) is 2.87. The molecule has 9 nitrogen and oxygen atoms in total. The Morgan fingerprint density at radius 1 is 1.44 bits per heavy atom. The van der Waals surface area contributed by atoms with Gasteiger partial charge in [0.2, 0.25) is 5.95 Å². The number of nitrogens with zero attached hydrogens (tertiary/aromatic N) is 4. The van der Waals surface area contributed by atoms with Crippen molar-refractivity contribution in [3.63, 3.8) is 0 Å². The molecule has 1 aliphatic heterocycles. The molecule has 1 aliphatic rings. The van der Waals surface area contributed by atoms with Crippen molar-refractivity contribution < 1.29 is 9.21 Å². The summed E-state index contributed by atoms with van der Waals surface area (Å²) in [5.74, 6) is 1.27. The van der Waals surface area contributed by atoms with Crippen LogP contribution in [0.15, 0.2) is 33.7 Å². The highest BCUT2D eigenvalue weighted by atomic mass is 16.3. The largest absolute Gasteiger partial charge is 0.467 e. The standard InChI is InChI=1S/C18H26N6O3/c1-22(2)17-20-13(9-16(25)21-17)11-23(3)14-6-7-24(12-14)18(26)19-10-15-5-4-8-27-15/h4-5,8-9,14H,6-7,10-12H2,1-3H3,(H,19,26)(H,20,21,25)/t14-/m1/s1. The number of urea groups is 1. The molecule has 0 aliphatic carbocycles. The number of aromatic nitrogens is 2. The van der Waals surface area contributed by atoms with Gasteiger partial charge in [0.25, 0.3) is 5.56 Å². The molecule has 0 saturated carbocycles. The Labute approximate surface area is 158 Å². The van der Waals surface area contributed by atoms with E-state index in [1.54, 1.807) is 22.1 Å². The van der Waals surface area contributed by atoms with Crippen LogP contribution >= 0.6 is 0 Å². The van der Waals surface area contributed by atoms with E-state index in [-0.39, 0.29) is 17.6 Å². The summed E-state index contributed by atoms with van der Waals surface area (Å²) >= 11 is 0. The first-order valence-electron chi connectivity index (χ1n) is 8.95. The van der Waals surface area contributed by atoms with Crippen molar-refractivity contribution in [2.75, 3.05) is 39.1 Å². The van der Waals surface area contributed by atoms with E-state index < -0.39 is 0 Å². The lowest BCUT2D eigenvalue weighted by atomic mass is 10.2. The van der Waals surface area contributed by atoms with E-state index in [0.717, 1.165) is 12.2 Å². The number of anilines is 1. The number of likely N-dealkylation sites (N-methyl/N-ethyl adjacent to an activating group) is 1. The van der Waals surface area contributed by atoms with E-state index in [2.05, 4.69) is 20.2 Å². The lowest BCUT2D eigenvalue weighted by molar-refractivity contribution is 0.195. The number of H-pyrrole nitrogens is 1. The molecule has 2 N–H and O–H groups in total. The fourth-order valence-corrected chi connectivity index (χ4v) is 3.15. The Bertz CT molecular complexity index is 817. The summed E-state index contributed by atoms with van der Waals surface area (Å²) in [6, 6.07) is 5.28. The quantitative estimate of drug-likeness (QED) is 0.778. The number of likely N-dealkylation sites (tertiary alicyclic amines) is 1. The number of hydrogen-bond donors (Lipinski definition) is 2. The minimum Gasteiger partial charge on any atom is -0.467 e. The molecule has 0 spiro atoms. The average molecular weight is 374 g/mol. The van der Waals surface area contributed by atoms with Crippen molar-refractivity contribution >= 4 is 12.0 Å². The third-order valence-corrected chi connectivity index (χ3v) is 4.69. The third-order valence-electron chi connectivity index (χ3n) is 4.69. The summed E-state index contributed by atoms with van der Waals surface area (Å²) in [6.07, 6.45) is 2.47. The molecule has 0 radical (unpaired) electrons. The van der Waals surface area contributed by atoms with Crippen molar-refractivity contribution in [3.05, 3.63) is 46.3 Å². The van der Waals surface area contributed by atoms with Gasteiger partial charge in [0.1, 0.15) is 5.76 Å². The zero-order chi connectivity index (χ0) is 19.4. The van der Waals surface area contributed by atoms with Crippen molar-refractivity contribution in [3.8, 4) is 0 Å². The molecule has 2 amide bonds. The minimum atomic E-state index is -0.164. The number of nitrogens with one attached hydrogen (secondary N) is 2. The van der Waals surface area contributed by atoms with E-state index in [9.17, 15) is 9.59 Å². The van der Waals surface area contributed by atoms with E-state index in [4.69, 9.17) is 4.42 Å². The summed E-state index contributed by atoms with van der Waals surface area (Å²) in [4.78, 5) is 37.0. The predicted octanol–water partition coefficient (Wildman–Crippen LogP) is 0.845. The van der Waals surface area contributed by atoms with Crippen LogP contribution in [0.3, 0.4) is 0 Å². The second-order valence-electron chi connectivity index (χ2n) is 7.00. The van der Waals surface area contributed by atoms with Crippen molar-refractivity contribution in [2.45, 2.75) is 25.6 Å². The summed E-state index contributed by atoms with van der Waals surface area (Å²) < 4.78 is 5.23. The number of rotatable bonds is 6. The molecule has 9 heteroatoms. The van der Waals surface area contributed by atoms with Crippen LogP contribution in [-0.4, -0.2) is 66.1 Å². The van der Waals surface area contributed by atoms with Gasteiger partial charge in [-0.3, -0.25) is 14.7 Å². The molecule has 0 bridgehead atoms. The summed E-state index contributed by atoms with van der Waals surface area (Å²) in [5.41, 5.74) is 0.549. The Morgan fingerprint density at radius 3 is 2.96 bits per heavy atom. The van der Waals surface area contributed by atoms with Crippen molar-refractivity contribution in [2.24, 2.45) is 0 Å². The van der Waals surface area contributed by atoms with Crippen LogP contribution in [0.25, 0.3) is 0 Å². The van der Waals surface area contributed by atoms with Crippen LogP contribution in [0.5, 0.6) is 0 Å². The zero-order valence-corrected chi connectivity index (χ0v) is 15.9. The molecule has 2 aromatic rings. The van der Waals surface area contributed by atoms with E-state index in [1.807, 2.05) is 27.2 Å². The topological polar surface area (TPSA) is 97.7 Å². The number of hydrogen-bond acceptors (Lipinski definition) is 6. The second-order valence-corrected chi connectivity index (χ2v) is 7.00. The fraction of sp³-hybridized carbons (Fsp3) is 0.500. The number of amides is 2. The van der Waals surface area contributed by atoms with Gasteiger partial charge in [0, 0.05) is 45.8 Å². The molecule has 3 rings (SSSR count). The summed E-state index contributed by atoms with van der Waals surface area (Å²) in [6.45, 7) is 2.28. The maximum absolute atomic E-state index is 12.3. The first-order chi connectivity index (χ1) is 12.9. The Hall–Kier alpha value is -2.81. The maximum atomic E-state index is 12.3. The van der Waals surface area contributed by atoms with Crippen LogP contribution in [0.1, 0.15) is 17.9 Å². The predicted molar refractivity (Wildman–Crippen MR) is 102 cm³/mol. The molecule has 1 atom stereocenters. The Kier molecular flexibility index (Phi) is 5.80. The molecule has 2 aromatic heterocycles. The van der Waals surface area contributed by atoms with Gasteiger partial charge < -0.3 is 19.5 Å². The number of furan rings is 1. The Morgan fingerprint density at radius 2 is 2.26 bits per heavy atom. The lowest BCUT2D eigenvalue weighted by Crippen LogP contribution is -2.41. The van der Waals surface area contributed by atoms with E-state index >= 15 is 0 Å². The van der Waals surface area contributed by atoms with Crippen LogP contribution in [-0.2, 0) is 13.1 Å². The van der Waals surface area contributed by atoms with Crippen molar-refractivity contribution in [1.29, 1.82) is 0 Å². The van der Waals surface area contributed by atoms with E-state index in [0.29, 0.717) is 37.8 Å². The number of carbonyl (C=O) groups excluding carboxylic acids is 1. The van der Waals surface area contributed by atoms with Gasteiger partial charge in [-0.1, -0.05) is 0 Å². The molecule has 1 fully saturated rings. The monoisotopic (exact) mass is 374 g/mol. The number of carbonyl (C=O) groups is 1. The van der Waals surface area contributed by atoms with Crippen LogP contribution < -0.4 is 15.8 Å². The number of aromatic amines is 1. The van der Waals surface area contributed by atoms with Crippen LogP contribution in [0.4, 0.5) is 10.7 Å². The molecule has 0 aromatic carbocycles. The minimum absolute atomic E-state index is 0.0912. The van der Waals surface area contributed by atoms with Gasteiger partial charge in [-0.15, -0.1) is 0 Å². The van der Waals surface area contributed by atoms with Crippen LogP contribution in [0, 0.1) is 0 Å². The SMILES string of the molecule is CN(C)c1nc(CN(C)[C@@H]2CCN(C(=O)NCc3ccco3)C2)cc(=O)[nH]1. The first-order valence-corrected chi connectivity index (χ1v) is 8.95. The maximum Gasteiger partial charge on any atom is 0.317 e. The highest BCUT2D eigenvalue weighted by Crippen LogP contribution is 2.16. The second kappa shape index (κ2) is 8.26.